The van der Waals surface area contributed by atoms with E-state index in [1.165, 1.54) is 6.42 Å². The SMILES string of the molecule is CN=C(N)Nc1nc2ccccc2o1.O=CC1CCC1. The number of carbonyl (C=O) groups excluding carboxylic acids is 1. The first kappa shape index (κ1) is 14.0. The van der Waals surface area contributed by atoms with Gasteiger partial charge in [-0.25, -0.2) is 0 Å². The van der Waals surface area contributed by atoms with Crippen LogP contribution in [-0.2, 0) is 4.79 Å². The van der Waals surface area contributed by atoms with Gasteiger partial charge in [0.1, 0.15) is 11.8 Å². The van der Waals surface area contributed by atoms with Gasteiger partial charge < -0.3 is 14.9 Å². The van der Waals surface area contributed by atoms with Crippen LogP contribution in [0.15, 0.2) is 33.7 Å². The third kappa shape index (κ3) is 3.57. The van der Waals surface area contributed by atoms with Crippen molar-refractivity contribution in [3.63, 3.8) is 0 Å². The maximum atomic E-state index is 9.79. The molecule has 6 heteroatoms. The molecule has 0 radical (unpaired) electrons. The van der Waals surface area contributed by atoms with E-state index in [0.29, 0.717) is 11.9 Å². The summed E-state index contributed by atoms with van der Waals surface area (Å²) >= 11 is 0. The van der Waals surface area contributed by atoms with Crippen LogP contribution in [0.1, 0.15) is 19.3 Å². The molecule has 1 heterocycles. The van der Waals surface area contributed by atoms with Gasteiger partial charge in [-0.2, -0.15) is 4.98 Å². The number of aromatic nitrogens is 1. The predicted molar refractivity (Wildman–Crippen MR) is 78.6 cm³/mol. The molecular weight excluding hydrogens is 256 g/mol. The van der Waals surface area contributed by atoms with Gasteiger partial charge in [-0.1, -0.05) is 18.6 Å². The zero-order chi connectivity index (χ0) is 14.4. The third-order valence-corrected chi connectivity index (χ3v) is 3.11. The van der Waals surface area contributed by atoms with Crippen molar-refractivity contribution in [2.24, 2.45) is 16.6 Å². The molecule has 1 aliphatic rings. The molecule has 1 aromatic heterocycles. The molecule has 3 rings (SSSR count). The van der Waals surface area contributed by atoms with Gasteiger partial charge in [-0.15, -0.1) is 0 Å². The summed E-state index contributed by atoms with van der Waals surface area (Å²) < 4.78 is 5.36. The number of hydrogen-bond donors (Lipinski definition) is 2. The van der Waals surface area contributed by atoms with Gasteiger partial charge in [0.25, 0.3) is 0 Å². The van der Waals surface area contributed by atoms with Crippen molar-refractivity contribution in [1.82, 2.24) is 4.98 Å². The van der Waals surface area contributed by atoms with Crippen molar-refractivity contribution in [1.29, 1.82) is 0 Å². The number of fused-ring (bicyclic) bond motifs is 1. The molecular formula is C14H18N4O2. The fourth-order valence-electron chi connectivity index (χ4n) is 1.67. The van der Waals surface area contributed by atoms with Crippen LogP contribution in [0.4, 0.5) is 6.01 Å². The standard InChI is InChI=1S/C9H10N4O.C5H8O/c1-11-8(10)13-9-12-6-4-2-3-5-7(6)14-9;6-4-5-2-1-3-5/h2-5H,1H3,(H3,10,11,12,13);4-5H,1-3H2. The van der Waals surface area contributed by atoms with Crippen LogP contribution >= 0.6 is 0 Å². The molecule has 0 spiro atoms. The first-order valence-corrected chi connectivity index (χ1v) is 6.53. The summed E-state index contributed by atoms with van der Waals surface area (Å²) in [6, 6.07) is 7.84. The van der Waals surface area contributed by atoms with E-state index in [0.717, 1.165) is 30.2 Å². The Bertz CT molecular complexity index is 569. The Balaban J connectivity index is 0.000000205. The number of oxazole rings is 1. The summed E-state index contributed by atoms with van der Waals surface area (Å²) in [5, 5.41) is 2.73. The maximum Gasteiger partial charge on any atom is 0.302 e. The van der Waals surface area contributed by atoms with Crippen LogP contribution < -0.4 is 11.1 Å². The maximum absolute atomic E-state index is 9.79. The smallest absolute Gasteiger partial charge is 0.302 e. The van der Waals surface area contributed by atoms with Crippen molar-refractivity contribution in [3.05, 3.63) is 24.3 Å². The lowest BCUT2D eigenvalue weighted by atomic mass is 9.87. The summed E-state index contributed by atoms with van der Waals surface area (Å²) in [5.74, 6) is 0.710. The van der Waals surface area contributed by atoms with Crippen molar-refractivity contribution >= 4 is 29.4 Å². The number of nitrogens with two attached hydrogens (primary N) is 1. The highest BCUT2D eigenvalue weighted by Crippen LogP contribution is 2.23. The number of benzene rings is 1. The summed E-state index contributed by atoms with van der Waals surface area (Å²) in [5.41, 5.74) is 6.98. The lowest BCUT2D eigenvalue weighted by Crippen LogP contribution is -2.22. The fraction of sp³-hybridized carbons (Fsp3) is 0.357. The van der Waals surface area contributed by atoms with E-state index >= 15 is 0 Å². The van der Waals surface area contributed by atoms with E-state index < -0.39 is 0 Å². The number of anilines is 1. The molecule has 1 saturated carbocycles. The minimum Gasteiger partial charge on any atom is -0.423 e. The van der Waals surface area contributed by atoms with Gasteiger partial charge in [0.15, 0.2) is 11.5 Å². The predicted octanol–water partition coefficient (Wildman–Crippen LogP) is 2.17. The molecule has 106 valence electrons. The number of para-hydroxylation sites is 2. The van der Waals surface area contributed by atoms with Crippen LogP contribution in [0.2, 0.25) is 0 Å². The first-order valence-electron chi connectivity index (χ1n) is 6.53. The van der Waals surface area contributed by atoms with Crippen LogP contribution in [-0.4, -0.2) is 24.3 Å². The lowest BCUT2D eigenvalue weighted by Gasteiger charge is -2.17. The molecule has 0 saturated heterocycles. The molecule has 0 unspecified atom stereocenters. The first-order chi connectivity index (χ1) is 9.72. The Morgan fingerprint density at radius 2 is 2.25 bits per heavy atom. The van der Waals surface area contributed by atoms with Crippen LogP contribution in [0.3, 0.4) is 0 Å². The van der Waals surface area contributed by atoms with Crippen molar-refractivity contribution in [2.45, 2.75) is 19.3 Å². The highest BCUT2D eigenvalue weighted by molar-refractivity contribution is 5.91. The summed E-state index contributed by atoms with van der Waals surface area (Å²) in [7, 11) is 1.59. The number of aldehydes is 1. The van der Waals surface area contributed by atoms with E-state index in [2.05, 4.69) is 15.3 Å². The summed E-state index contributed by atoms with van der Waals surface area (Å²) in [6.07, 6.45) is 4.61. The second kappa shape index (κ2) is 6.70. The molecule has 0 aliphatic heterocycles. The quantitative estimate of drug-likeness (QED) is 0.497. The number of hydrogen-bond acceptors (Lipinski definition) is 4. The Morgan fingerprint density at radius 3 is 2.75 bits per heavy atom. The minimum atomic E-state index is 0.275. The number of nitrogens with one attached hydrogen (secondary N) is 1. The molecule has 1 fully saturated rings. The monoisotopic (exact) mass is 274 g/mol. The number of aliphatic imine (C=N–C) groups is 1. The van der Waals surface area contributed by atoms with E-state index in [1.807, 2.05) is 24.3 Å². The van der Waals surface area contributed by atoms with E-state index in [4.69, 9.17) is 10.2 Å². The second-order valence-corrected chi connectivity index (χ2v) is 4.55. The Kier molecular flexibility index (Phi) is 4.70. The third-order valence-electron chi connectivity index (χ3n) is 3.11. The van der Waals surface area contributed by atoms with Crippen molar-refractivity contribution < 1.29 is 9.21 Å². The van der Waals surface area contributed by atoms with Crippen LogP contribution in [0.25, 0.3) is 11.1 Å². The van der Waals surface area contributed by atoms with Crippen molar-refractivity contribution in [2.75, 3.05) is 12.4 Å². The largest absolute Gasteiger partial charge is 0.423 e. The Morgan fingerprint density at radius 1 is 1.50 bits per heavy atom. The molecule has 20 heavy (non-hydrogen) atoms. The number of carbonyl (C=O) groups is 1. The highest BCUT2D eigenvalue weighted by Gasteiger charge is 2.14. The zero-order valence-corrected chi connectivity index (χ0v) is 11.4. The summed E-state index contributed by atoms with van der Waals surface area (Å²) in [4.78, 5) is 17.7. The average molecular weight is 274 g/mol. The molecule has 0 amide bonds. The zero-order valence-electron chi connectivity index (χ0n) is 11.4. The highest BCUT2D eigenvalue weighted by atomic mass is 16.4. The van der Waals surface area contributed by atoms with E-state index in [-0.39, 0.29) is 5.96 Å². The minimum absolute atomic E-state index is 0.275. The van der Waals surface area contributed by atoms with Crippen LogP contribution in [0.5, 0.6) is 0 Å². The fourth-order valence-corrected chi connectivity index (χ4v) is 1.67. The van der Waals surface area contributed by atoms with Gasteiger partial charge in [0.2, 0.25) is 0 Å². The Hall–Kier alpha value is -2.37. The molecule has 1 aliphatic carbocycles. The molecule has 2 aromatic rings. The molecule has 6 nitrogen and oxygen atoms in total. The number of nitrogens with zero attached hydrogens (tertiary/aromatic N) is 2. The number of guanidine groups is 1. The average Bonchev–Trinajstić information content (AvgIpc) is 2.80. The van der Waals surface area contributed by atoms with Gasteiger partial charge in [0, 0.05) is 13.0 Å². The summed E-state index contributed by atoms with van der Waals surface area (Å²) in [6.45, 7) is 0. The van der Waals surface area contributed by atoms with Gasteiger partial charge in [-0.3, -0.25) is 10.3 Å². The lowest BCUT2D eigenvalue weighted by molar-refractivity contribution is -0.113. The van der Waals surface area contributed by atoms with Gasteiger partial charge in [0.05, 0.1) is 0 Å². The molecule has 0 bridgehead atoms. The molecule has 0 atom stereocenters. The normalized spacial score (nSPS) is 15.2. The van der Waals surface area contributed by atoms with Gasteiger partial charge in [-0.05, 0) is 25.0 Å². The topological polar surface area (TPSA) is 93.5 Å². The van der Waals surface area contributed by atoms with E-state index in [1.54, 1.807) is 7.05 Å². The van der Waals surface area contributed by atoms with Crippen LogP contribution in [0, 0.1) is 5.92 Å². The van der Waals surface area contributed by atoms with Crippen molar-refractivity contribution in [3.8, 4) is 0 Å². The molecule has 1 aromatic carbocycles. The number of rotatable bonds is 2. The molecule has 3 N–H and O–H groups in total. The second-order valence-electron chi connectivity index (χ2n) is 4.55. The van der Waals surface area contributed by atoms with E-state index in [9.17, 15) is 4.79 Å². The Labute approximate surface area is 117 Å². The van der Waals surface area contributed by atoms with Gasteiger partial charge >= 0.3 is 6.01 Å².